The van der Waals surface area contributed by atoms with Crippen LogP contribution in [0, 0.1) is 6.92 Å². The fraction of sp³-hybridized carbons (Fsp3) is 0.300. The maximum atomic E-state index is 12.8. The summed E-state index contributed by atoms with van der Waals surface area (Å²) in [5, 5.41) is 9.90. The van der Waals surface area contributed by atoms with E-state index in [0.717, 1.165) is 67.1 Å². The summed E-state index contributed by atoms with van der Waals surface area (Å²) < 4.78 is 2.11. The SMILES string of the molecule is Cc1ccc(-c2nnc(SCCCC(=O)N3CCN(Cc4ccccc4)CC3)n2-c2ccccc2)cc1. The molecule has 0 saturated carbocycles. The summed E-state index contributed by atoms with van der Waals surface area (Å²) in [6.45, 7) is 6.50. The van der Waals surface area contributed by atoms with Crippen LogP contribution < -0.4 is 0 Å². The van der Waals surface area contributed by atoms with E-state index in [1.54, 1.807) is 11.8 Å². The van der Waals surface area contributed by atoms with E-state index in [2.05, 4.69) is 87.3 Å². The number of piperazine rings is 1. The predicted molar refractivity (Wildman–Crippen MR) is 150 cm³/mol. The molecule has 1 fully saturated rings. The molecule has 6 nitrogen and oxygen atoms in total. The first-order chi connectivity index (χ1) is 18.2. The summed E-state index contributed by atoms with van der Waals surface area (Å²) >= 11 is 1.66. The first-order valence-corrected chi connectivity index (χ1v) is 13.9. The summed E-state index contributed by atoms with van der Waals surface area (Å²) in [4.78, 5) is 17.3. The third-order valence-corrected chi connectivity index (χ3v) is 7.71. The van der Waals surface area contributed by atoms with E-state index in [-0.39, 0.29) is 5.91 Å². The minimum atomic E-state index is 0.254. The number of aromatic nitrogens is 3. The molecule has 1 aromatic heterocycles. The molecule has 3 aromatic carbocycles. The van der Waals surface area contributed by atoms with Crippen molar-refractivity contribution in [3.63, 3.8) is 0 Å². The molecule has 1 saturated heterocycles. The molecule has 5 rings (SSSR count). The van der Waals surface area contributed by atoms with Crippen molar-refractivity contribution in [2.45, 2.75) is 31.5 Å². The molecule has 1 amide bonds. The van der Waals surface area contributed by atoms with Gasteiger partial charge in [0.25, 0.3) is 0 Å². The normalized spacial score (nSPS) is 14.1. The van der Waals surface area contributed by atoms with Crippen molar-refractivity contribution in [1.29, 1.82) is 0 Å². The lowest BCUT2D eigenvalue weighted by molar-refractivity contribution is -0.133. The van der Waals surface area contributed by atoms with Crippen molar-refractivity contribution < 1.29 is 4.79 Å². The number of aryl methyl sites for hydroxylation is 1. The first kappa shape index (κ1) is 25.2. The van der Waals surface area contributed by atoms with Crippen LogP contribution in [0.25, 0.3) is 17.1 Å². The van der Waals surface area contributed by atoms with E-state index in [1.165, 1.54) is 11.1 Å². The fourth-order valence-electron chi connectivity index (χ4n) is 4.60. The zero-order chi connectivity index (χ0) is 25.5. The number of hydrogen-bond acceptors (Lipinski definition) is 5. The molecule has 190 valence electrons. The van der Waals surface area contributed by atoms with E-state index in [9.17, 15) is 4.79 Å². The van der Waals surface area contributed by atoms with Gasteiger partial charge in [-0.25, -0.2) is 0 Å². The van der Waals surface area contributed by atoms with Gasteiger partial charge in [0.1, 0.15) is 0 Å². The summed E-state index contributed by atoms with van der Waals surface area (Å²) in [5.41, 5.74) is 4.62. The fourth-order valence-corrected chi connectivity index (χ4v) is 5.50. The molecule has 7 heteroatoms. The van der Waals surface area contributed by atoms with E-state index < -0.39 is 0 Å². The molecule has 0 spiro atoms. The van der Waals surface area contributed by atoms with Crippen molar-refractivity contribution >= 4 is 17.7 Å². The third-order valence-electron chi connectivity index (χ3n) is 6.70. The van der Waals surface area contributed by atoms with Crippen LogP contribution >= 0.6 is 11.8 Å². The van der Waals surface area contributed by atoms with Gasteiger partial charge in [0.05, 0.1) is 0 Å². The summed E-state index contributed by atoms with van der Waals surface area (Å²) in [6.07, 6.45) is 1.38. The van der Waals surface area contributed by atoms with Gasteiger partial charge in [-0.2, -0.15) is 0 Å². The second kappa shape index (κ2) is 12.2. The van der Waals surface area contributed by atoms with E-state index >= 15 is 0 Å². The Morgan fingerprint density at radius 3 is 2.22 bits per heavy atom. The largest absolute Gasteiger partial charge is 0.340 e. The Bertz CT molecular complexity index is 1280. The highest BCUT2D eigenvalue weighted by Gasteiger charge is 2.21. The number of amides is 1. The number of carbonyl (C=O) groups excluding carboxylic acids is 1. The summed E-state index contributed by atoms with van der Waals surface area (Å²) in [7, 11) is 0. The highest BCUT2D eigenvalue weighted by molar-refractivity contribution is 7.99. The number of nitrogens with zero attached hydrogens (tertiary/aromatic N) is 5. The molecule has 1 aliphatic rings. The molecule has 37 heavy (non-hydrogen) atoms. The van der Waals surface area contributed by atoms with E-state index in [0.29, 0.717) is 6.42 Å². The Kier molecular flexibility index (Phi) is 8.33. The van der Waals surface area contributed by atoms with Crippen molar-refractivity contribution in [3.05, 3.63) is 96.1 Å². The molecule has 0 N–H and O–H groups in total. The minimum Gasteiger partial charge on any atom is -0.340 e. The van der Waals surface area contributed by atoms with Gasteiger partial charge in [0.2, 0.25) is 5.91 Å². The average molecular weight is 512 g/mol. The molecule has 2 heterocycles. The van der Waals surface area contributed by atoms with Crippen LogP contribution in [0.4, 0.5) is 0 Å². The maximum absolute atomic E-state index is 12.8. The van der Waals surface area contributed by atoms with Crippen LogP contribution in [0.3, 0.4) is 0 Å². The van der Waals surface area contributed by atoms with Crippen LogP contribution in [-0.2, 0) is 11.3 Å². The molecule has 0 atom stereocenters. The van der Waals surface area contributed by atoms with Gasteiger partial charge < -0.3 is 4.90 Å². The Labute approximate surface area is 223 Å². The molecule has 0 aliphatic carbocycles. The van der Waals surface area contributed by atoms with Crippen molar-refractivity contribution in [3.8, 4) is 17.1 Å². The monoisotopic (exact) mass is 511 g/mol. The number of para-hydroxylation sites is 1. The van der Waals surface area contributed by atoms with Crippen molar-refractivity contribution in [2.24, 2.45) is 0 Å². The Morgan fingerprint density at radius 1 is 0.838 bits per heavy atom. The molecular weight excluding hydrogens is 478 g/mol. The van der Waals surface area contributed by atoms with Gasteiger partial charge in [-0.15, -0.1) is 10.2 Å². The van der Waals surface area contributed by atoms with Crippen LogP contribution in [-0.4, -0.2) is 62.4 Å². The quantitative estimate of drug-likeness (QED) is 0.221. The van der Waals surface area contributed by atoms with Crippen molar-refractivity contribution in [1.82, 2.24) is 24.6 Å². The zero-order valence-corrected chi connectivity index (χ0v) is 22.1. The van der Waals surface area contributed by atoms with Gasteiger partial charge in [0.15, 0.2) is 11.0 Å². The maximum Gasteiger partial charge on any atom is 0.222 e. The van der Waals surface area contributed by atoms with E-state index in [4.69, 9.17) is 0 Å². The number of hydrogen-bond donors (Lipinski definition) is 0. The summed E-state index contributed by atoms with van der Waals surface area (Å²) in [5.74, 6) is 1.90. The first-order valence-electron chi connectivity index (χ1n) is 12.9. The van der Waals surface area contributed by atoms with Gasteiger partial charge in [-0.3, -0.25) is 14.3 Å². The number of thioether (sulfide) groups is 1. The summed E-state index contributed by atoms with van der Waals surface area (Å²) in [6, 6.07) is 29.1. The molecule has 1 aliphatic heterocycles. The Balaban J connectivity index is 1.14. The lowest BCUT2D eigenvalue weighted by atomic mass is 10.1. The smallest absolute Gasteiger partial charge is 0.222 e. The second-order valence-electron chi connectivity index (χ2n) is 9.44. The average Bonchev–Trinajstić information content (AvgIpc) is 3.37. The topological polar surface area (TPSA) is 54.3 Å². The molecule has 0 bridgehead atoms. The highest BCUT2D eigenvalue weighted by atomic mass is 32.2. The number of benzene rings is 3. The minimum absolute atomic E-state index is 0.254. The Morgan fingerprint density at radius 2 is 1.51 bits per heavy atom. The molecular formula is C30H33N5OS. The standard InChI is InChI=1S/C30H33N5OS/c1-24-14-16-26(17-15-24)29-31-32-30(35(29)27-11-6-3-7-12-27)37-22-8-13-28(36)34-20-18-33(19-21-34)23-25-9-4-2-5-10-25/h2-7,9-12,14-17H,8,13,18-23H2,1H3. The number of carbonyl (C=O) groups is 1. The number of rotatable bonds is 9. The van der Waals surface area contributed by atoms with Crippen LogP contribution in [0.15, 0.2) is 90.1 Å². The van der Waals surface area contributed by atoms with Crippen LogP contribution in [0.2, 0.25) is 0 Å². The molecule has 0 radical (unpaired) electrons. The van der Waals surface area contributed by atoms with Gasteiger partial charge >= 0.3 is 0 Å². The van der Waals surface area contributed by atoms with Crippen molar-refractivity contribution in [2.75, 3.05) is 31.9 Å². The second-order valence-corrected chi connectivity index (χ2v) is 10.5. The predicted octanol–water partition coefficient (Wildman–Crippen LogP) is 5.46. The lowest BCUT2D eigenvalue weighted by Gasteiger charge is -2.34. The zero-order valence-electron chi connectivity index (χ0n) is 21.3. The molecule has 0 unspecified atom stereocenters. The van der Waals surface area contributed by atoms with Crippen LogP contribution in [0.1, 0.15) is 24.0 Å². The van der Waals surface area contributed by atoms with Gasteiger partial charge in [-0.05, 0) is 31.0 Å². The molecule has 4 aromatic rings. The van der Waals surface area contributed by atoms with E-state index in [1.807, 2.05) is 29.2 Å². The highest BCUT2D eigenvalue weighted by Crippen LogP contribution is 2.28. The Hall–Kier alpha value is -3.42. The third kappa shape index (κ3) is 6.48. The lowest BCUT2D eigenvalue weighted by Crippen LogP contribution is -2.48. The van der Waals surface area contributed by atoms with Gasteiger partial charge in [-0.1, -0.05) is 90.1 Å². The van der Waals surface area contributed by atoms with Gasteiger partial charge in [0, 0.05) is 56.1 Å². The van der Waals surface area contributed by atoms with Crippen LogP contribution in [0.5, 0.6) is 0 Å².